The van der Waals surface area contributed by atoms with Crippen LogP contribution >= 0.6 is 0 Å². The molecule has 0 fully saturated rings. The highest BCUT2D eigenvalue weighted by atomic mass is 19.1. The van der Waals surface area contributed by atoms with Crippen molar-refractivity contribution in [3.8, 4) is 11.5 Å². The molecular formula is C16H26FNO2. The lowest BCUT2D eigenvalue weighted by Gasteiger charge is -2.14. The zero-order valence-electron chi connectivity index (χ0n) is 12.7. The van der Waals surface area contributed by atoms with Crippen molar-refractivity contribution in [2.24, 2.45) is 5.92 Å². The molecule has 0 heterocycles. The van der Waals surface area contributed by atoms with Gasteiger partial charge in [-0.25, -0.2) is 0 Å². The smallest absolute Gasteiger partial charge is 0.161 e. The van der Waals surface area contributed by atoms with E-state index in [1.807, 2.05) is 25.1 Å². The Hall–Kier alpha value is -1.29. The summed E-state index contributed by atoms with van der Waals surface area (Å²) in [7, 11) is 0. The van der Waals surface area contributed by atoms with Crippen LogP contribution in [0.2, 0.25) is 0 Å². The minimum Gasteiger partial charge on any atom is -0.490 e. The van der Waals surface area contributed by atoms with Gasteiger partial charge in [-0.05, 0) is 37.1 Å². The zero-order valence-corrected chi connectivity index (χ0v) is 12.7. The lowest BCUT2D eigenvalue weighted by atomic mass is 10.2. The van der Waals surface area contributed by atoms with Crippen LogP contribution in [0.25, 0.3) is 0 Å². The fourth-order valence-corrected chi connectivity index (χ4v) is 1.79. The maximum Gasteiger partial charge on any atom is 0.161 e. The van der Waals surface area contributed by atoms with Gasteiger partial charge in [-0.2, -0.15) is 0 Å². The Bertz CT molecular complexity index is 383. The highest BCUT2D eigenvalue weighted by Crippen LogP contribution is 2.28. The van der Waals surface area contributed by atoms with E-state index in [1.165, 1.54) is 0 Å². The Balaban J connectivity index is 2.62. The molecule has 0 radical (unpaired) electrons. The van der Waals surface area contributed by atoms with Crippen LogP contribution in [0, 0.1) is 5.92 Å². The van der Waals surface area contributed by atoms with Gasteiger partial charge in [-0.1, -0.05) is 19.9 Å². The number of rotatable bonds is 10. The molecular weight excluding hydrogens is 257 g/mol. The monoisotopic (exact) mass is 283 g/mol. The minimum atomic E-state index is -0.360. The van der Waals surface area contributed by atoms with Crippen molar-refractivity contribution in [1.82, 2.24) is 5.32 Å². The van der Waals surface area contributed by atoms with E-state index in [-0.39, 0.29) is 6.67 Å². The third kappa shape index (κ3) is 6.24. The summed E-state index contributed by atoms with van der Waals surface area (Å²) < 4.78 is 23.2. The summed E-state index contributed by atoms with van der Waals surface area (Å²) in [5.74, 6) is 2.05. The third-order valence-electron chi connectivity index (χ3n) is 2.73. The topological polar surface area (TPSA) is 30.5 Å². The lowest BCUT2D eigenvalue weighted by Crippen LogP contribution is -2.19. The van der Waals surface area contributed by atoms with Gasteiger partial charge in [0, 0.05) is 13.0 Å². The fraction of sp³-hybridized carbons (Fsp3) is 0.625. The summed E-state index contributed by atoms with van der Waals surface area (Å²) in [6.07, 6.45) is 0.406. The second-order valence-electron chi connectivity index (χ2n) is 5.13. The normalized spacial score (nSPS) is 10.8. The SMILES string of the molecule is CCOc1cc(CNCC(C)C)ccc1OCCCF. The number of benzene rings is 1. The van der Waals surface area contributed by atoms with Gasteiger partial charge >= 0.3 is 0 Å². The van der Waals surface area contributed by atoms with Gasteiger partial charge in [0.15, 0.2) is 11.5 Å². The van der Waals surface area contributed by atoms with E-state index >= 15 is 0 Å². The van der Waals surface area contributed by atoms with Gasteiger partial charge in [-0.15, -0.1) is 0 Å². The van der Waals surface area contributed by atoms with Crippen LogP contribution in [0.5, 0.6) is 11.5 Å². The average Bonchev–Trinajstić information content (AvgIpc) is 2.41. The molecule has 0 aliphatic carbocycles. The van der Waals surface area contributed by atoms with Gasteiger partial charge in [0.05, 0.1) is 19.9 Å². The number of alkyl halides is 1. The first-order valence-corrected chi connectivity index (χ1v) is 7.32. The van der Waals surface area contributed by atoms with Gasteiger partial charge in [0.1, 0.15) is 0 Å². The first-order valence-electron chi connectivity index (χ1n) is 7.32. The molecule has 0 bridgehead atoms. The van der Waals surface area contributed by atoms with Crippen molar-refractivity contribution in [2.45, 2.75) is 33.7 Å². The van der Waals surface area contributed by atoms with E-state index < -0.39 is 0 Å². The molecule has 0 unspecified atom stereocenters. The van der Waals surface area contributed by atoms with Crippen molar-refractivity contribution in [3.05, 3.63) is 23.8 Å². The number of ether oxygens (including phenoxy) is 2. The first-order chi connectivity index (χ1) is 9.67. The quantitative estimate of drug-likeness (QED) is 0.666. The van der Waals surface area contributed by atoms with Crippen molar-refractivity contribution >= 4 is 0 Å². The molecule has 1 N–H and O–H groups in total. The molecule has 4 heteroatoms. The highest BCUT2D eigenvalue weighted by Gasteiger charge is 2.06. The van der Waals surface area contributed by atoms with Crippen LogP contribution < -0.4 is 14.8 Å². The molecule has 0 aliphatic rings. The Morgan fingerprint density at radius 1 is 1.20 bits per heavy atom. The van der Waals surface area contributed by atoms with E-state index in [0.717, 1.165) is 24.4 Å². The van der Waals surface area contributed by atoms with Crippen LogP contribution in [-0.4, -0.2) is 26.4 Å². The van der Waals surface area contributed by atoms with Crippen molar-refractivity contribution in [1.29, 1.82) is 0 Å². The summed E-state index contributed by atoms with van der Waals surface area (Å²) >= 11 is 0. The maximum atomic E-state index is 12.1. The molecule has 3 nitrogen and oxygen atoms in total. The minimum absolute atomic E-state index is 0.360. The summed E-state index contributed by atoms with van der Waals surface area (Å²) in [6.45, 7) is 8.70. The molecule has 20 heavy (non-hydrogen) atoms. The standard InChI is InChI=1S/C16H26FNO2/c1-4-19-16-10-14(12-18-11-13(2)3)6-7-15(16)20-9-5-8-17/h6-7,10,13,18H,4-5,8-9,11-12H2,1-3H3. The molecule has 0 saturated carbocycles. The Morgan fingerprint density at radius 2 is 2.00 bits per heavy atom. The molecule has 1 aromatic carbocycles. The van der Waals surface area contributed by atoms with Crippen LogP contribution in [0.4, 0.5) is 4.39 Å². The van der Waals surface area contributed by atoms with E-state index in [4.69, 9.17) is 9.47 Å². The zero-order chi connectivity index (χ0) is 14.8. The molecule has 0 saturated heterocycles. The van der Waals surface area contributed by atoms with Gasteiger partial charge in [0.2, 0.25) is 0 Å². The first kappa shape index (κ1) is 16.8. The molecule has 1 rings (SSSR count). The summed E-state index contributed by atoms with van der Waals surface area (Å²) in [4.78, 5) is 0. The van der Waals surface area contributed by atoms with Crippen molar-refractivity contribution < 1.29 is 13.9 Å². The van der Waals surface area contributed by atoms with Gasteiger partial charge in [-0.3, -0.25) is 4.39 Å². The lowest BCUT2D eigenvalue weighted by molar-refractivity contribution is 0.262. The molecule has 0 atom stereocenters. The summed E-state index contributed by atoms with van der Waals surface area (Å²) in [6, 6.07) is 5.90. The Kier molecular flexibility index (Phi) is 8.04. The average molecular weight is 283 g/mol. The van der Waals surface area contributed by atoms with Crippen LogP contribution in [0.3, 0.4) is 0 Å². The Labute approximate surface area is 121 Å². The second-order valence-corrected chi connectivity index (χ2v) is 5.13. The highest BCUT2D eigenvalue weighted by molar-refractivity contribution is 5.43. The summed E-state index contributed by atoms with van der Waals surface area (Å²) in [5, 5.41) is 3.40. The van der Waals surface area contributed by atoms with Crippen LogP contribution in [0.1, 0.15) is 32.8 Å². The molecule has 0 spiro atoms. The van der Waals surface area contributed by atoms with E-state index in [0.29, 0.717) is 31.3 Å². The van der Waals surface area contributed by atoms with Crippen molar-refractivity contribution in [3.63, 3.8) is 0 Å². The van der Waals surface area contributed by atoms with Crippen LogP contribution in [0.15, 0.2) is 18.2 Å². The molecule has 114 valence electrons. The second kappa shape index (κ2) is 9.59. The fourth-order valence-electron chi connectivity index (χ4n) is 1.79. The number of hydrogen-bond acceptors (Lipinski definition) is 3. The van der Waals surface area contributed by atoms with Gasteiger partial charge < -0.3 is 14.8 Å². The van der Waals surface area contributed by atoms with E-state index in [1.54, 1.807) is 0 Å². The largest absolute Gasteiger partial charge is 0.490 e. The number of halogens is 1. The van der Waals surface area contributed by atoms with Gasteiger partial charge in [0.25, 0.3) is 0 Å². The molecule has 0 aromatic heterocycles. The van der Waals surface area contributed by atoms with E-state index in [2.05, 4.69) is 19.2 Å². The molecule has 0 amide bonds. The van der Waals surface area contributed by atoms with E-state index in [9.17, 15) is 4.39 Å². The predicted octanol–water partition coefficient (Wildman–Crippen LogP) is 3.57. The predicted molar refractivity (Wildman–Crippen MR) is 80.2 cm³/mol. The number of hydrogen-bond donors (Lipinski definition) is 1. The molecule has 1 aromatic rings. The molecule has 0 aliphatic heterocycles. The third-order valence-corrected chi connectivity index (χ3v) is 2.73. The van der Waals surface area contributed by atoms with Crippen molar-refractivity contribution in [2.75, 3.05) is 26.4 Å². The Morgan fingerprint density at radius 3 is 2.65 bits per heavy atom. The van der Waals surface area contributed by atoms with Crippen LogP contribution in [-0.2, 0) is 6.54 Å². The number of nitrogens with one attached hydrogen (secondary N) is 1. The summed E-state index contributed by atoms with van der Waals surface area (Å²) in [5.41, 5.74) is 1.16. The maximum absolute atomic E-state index is 12.1.